The van der Waals surface area contributed by atoms with Gasteiger partial charge in [0, 0.05) is 31.2 Å². The first-order chi connectivity index (χ1) is 7.79. The molecule has 3 heteroatoms. The van der Waals surface area contributed by atoms with Gasteiger partial charge in [0.25, 0.3) is 0 Å². The second kappa shape index (κ2) is 4.51. The summed E-state index contributed by atoms with van der Waals surface area (Å²) in [5.41, 5.74) is 6.74. The lowest BCUT2D eigenvalue weighted by Gasteiger charge is -2.34. The van der Waals surface area contributed by atoms with E-state index in [0.717, 1.165) is 12.2 Å². The molecule has 1 atom stereocenters. The first kappa shape index (κ1) is 10.9. The van der Waals surface area contributed by atoms with Crippen molar-refractivity contribution in [2.75, 3.05) is 13.1 Å². The summed E-state index contributed by atoms with van der Waals surface area (Å²) in [6, 6.07) is 0. The molecule has 2 rings (SSSR count). The number of nitrogens with two attached hydrogens (primary N) is 1. The number of allylic oxidation sites excluding steroid dienone is 3. The highest BCUT2D eigenvalue weighted by atomic mass is 15.1. The topological polar surface area (TPSA) is 41.3 Å². The molecule has 3 nitrogen and oxygen atoms in total. The molecule has 0 bridgehead atoms. The summed E-state index contributed by atoms with van der Waals surface area (Å²) in [5, 5.41) is 3.38. The lowest BCUT2D eigenvalue weighted by molar-refractivity contribution is 0.480. The Balaban J connectivity index is 2.23. The number of nitrogens with one attached hydrogen (secondary N) is 1. The normalized spacial score (nSPS) is 26.6. The maximum Gasteiger partial charge on any atom is 0.0717 e. The van der Waals surface area contributed by atoms with Crippen molar-refractivity contribution < 1.29 is 0 Å². The highest BCUT2D eigenvalue weighted by molar-refractivity contribution is 5.39. The smallest absolute Gasteiger partial charge is 0.0717 e. The minimum absolute atomic E-state index is 0.254. The molecule has 2 aliphatic rings. The standard InChI is InChI=1S/C13H17N3/c1-2-7-15-13(11-14)6-9-16-8-4-3-5-12(16)10-13/h2-6,8-10,15H,1,7,11,14H2. The van der Waals surface area contributed by atoms with E-state index in [1.165, 1.54) is 0 Å². The van der Waals surface area contributed by atoms with E-state index in [1.54, 1.807) is 0 Å². The Hall–Kier alpha value is -1.58. The molecule has 0 aromatic rings. The van der Waals surface area contributed by atoms with E-state index in [4.69, 9.17) is 5.73 Å². The quantitative estimate of drug-likeness (QED) is 0.694. The first-order valence-corrected chi connectivity index (χ1v) is 5.41. The monoisotopic (exact) mass is 215 g/mol. The third kappa shape index (κ3) is 2.01. The predicted octanol–water partition coefficient (Wildman–Crippen LogP) is 1.26. The van der Waals surface area contributed by atoms with Crippen LogP contribution in [0.3, 0.4) is 0 Å². The van der Waals surface area contributed by atoms with Crippen molar-refractivity contribution in [1.29, 1.82) is 0 Å². The summed E-state index contributed by atoms with van der Waals surface area (Å²) in [6.45, 7) is 4.98. The van der Waals surface area contributed by atoms with Crippen molar-refractivity contribution in [3.63, 3.8) is 0 Å². The molecule has 0 amide bonds. The zero-order valence-electron chi connectivity index (χ0n) is 9.26. The molecule has 3 N–H and O–H groups in total. The van der Waals surface area contributed by atoms with E-state index >= 15 is 0 Å². The Labute approximate surface area is 96.3 Å². The molecule has 84 valence electrons. The summed E-state index contributed by atoms with van der Waals surface area (Å²) in [4.78, 5) is 2.07. The Kier molecular flexibility index (Phi) is 3.08. The number of rotatable bonds is 4. The van der Waals surface area contributed by atoms with Gasteiger partial charge in [-0.05, 0) is 24.3 Å². The van der Waals surface area contributed by atoms with Gasteiger partial charge >= 0.3 is 0 Å². The van der Waals surface area contributed by atoms with Gasteiger partial charge in [-0.25, -0.2) is 0 Å². The van der Waals surface area contributed by atoms with Gasteiger partial charge in [0.2, 0.25) is 0 Å². The molecule has 1 unspecified atom stereocenters. The highest BCUT2D eigenvalue weighted by Crippen LogP contribution is 2.23. The van der Waals surface area contributed by atoms with Crippen LogP contribution in [0, 0.1) is 0 Å². The Morgan fingerprint density at radius 2 is 2.31 bits per heavy atom. The molecule has 0 aromatic heterocycles. The Morgan fingerprint density at radius 3 is 3.06 bits per heavy atom. The van der Waals surface area contributed by atoms with Crippen LogP contribution in [0.15, 0.2) is 61.1 Å². The zero-order valence-corrected chi connectivity index (χ0v) is 9.26. The van der Waals surface area contributed by atoms with E-state index in [2.05, 4.69) is 35.0 Å². The van der Waals surface area contributed by atoms with E-state index in [-0.39, 0.29) is 5.54 Å². The summed E-state index contributed by atoms with van der Waals surface area (Å²) < 4.78 is 0. The number of fused-ring (bicyclic) bond motifs is 1. The second-order valence-electron chi connectivity index (χ2n) is 3.91. The van der Waals surface area contributed by atoms with E-state index in [0.29, 0.717) is 6.54 Å². The van der Waals surface area contributed by atoms with Crippen molar-refractivity contribution in [2.24, 2.45) is 5.73 Å². The second-order valence-corrected chi connectivity index (χ2v) is 3.91. The largest absolute Gasteiger partial charge is 0.328 e. The van der Waals surface area contributed by atoms with E-state index in [9.17, 15) is 0 Å². The van der Waals surface area contributed by atoms with Crippen LogP contribution in [0.25, 0.3) is 0 Å². The predicted molar refractivity (Wildman–Crippen MR) is 67.3 cm³/mol. The molecular formula is C13H17N3. The Morgan fingerprint density at radius 1 is 1.44 bits per heavy atom. The van der Waals surface area contributed by atoms with Gasteiger partial charge in [-0.2, -0.15) is 0 Å². The summed E-state index contributed by atoms with van der Waals surface area (Å²) in [6.07, 6.45) is 16.2. The third-order valence-corrected chi connectivity index (χ3v) is 2.77. The van der Waals surface area contributed by atoms with Gasteiger partial charge in [-0.1, -0.05) is 12.2 Å². The SMILES string of the molecule is C=CCNC1(CN)C=CN2C=CC=CC2=C1. The molecule has 0 spiro atoms. The van der Waals surface area contributed by atoms with Crippen molar-refractivity contribution in [3.8, 4) is 0 Å². The average molecular weight is 215 g/mol. The average Bonchev–Trinajstić information content (AvgIpc) is 2.36. The number of hydrogen-bond acceptors (Lipinski definition) is 3. The molecule has 16 heavy (non-hydrogen) atoms. The zero-order chi connectivity index (χ0) is 11.4. The number of nitrogens with zero attached hydrogens (tertiary/aromatic N) is 1. The fourth-order valence-electron chi connectivity index (χ4n) is 1.82. The molecule has 0 aromatic carbocycles. The minimum Gasteiger partial charge on any atom is -0.328 e. The van der Waals surface area contributed by atoms with Crippen molar-refractivity contribution in [1.82, 2.24) is 10.2 Å². The molecule has 0 saturated carbocycles. The van der Waals surface area contributed by atoms with Gasteiger partial charge in [-0.15, -0.1) is 6.58 Å². The summed E-state index contributed by atoms with van der Waals surface area (Å²) >= 11 is 0. The van der Waals surface area contributed by atoms with Crippen LogP contribution < -0.4 is 11.1 Å². The van der Waals surface area contributed by atoms with Crippen LogP contribution in [0.1, 0.15) is 0 Å². The third-order valence-electron chi connectivity index (χ3n) is 2.77. The Bertz CT molecular complexity index is 390. The van der Waals surface area contributed by atoms with E-state index in [1.807, 2.05) is 30.6 Å². The minimum atomic E-state index is -0.254. The molecular weight excluding hydrogens is 198 g/mol. The highest BCUT2D eigenvalue weighted by Gasteiger charge is 2.26. The molecule has 0 aliphatic carbocycles. The molecule has 2 heterocycles. The van der Waals surface area contributed by atoms with Gasteiger partial charge in [-0.3, -0.25) is 0 Å². The first-order valence-electron chi connectivity index (χ1n) is 5.41. The molecule has 0 fully saturated rings. The maximum absolute atomic E-state index is 5.85. The molecule has 2 aliphatic heterocycles. The fourth-order valence-corrected chi connectivity index (χ4v) is 1.82. The number of hydrogen-bond donors (Lipinski definition) is 2. The van der Waals surface area contributed by atoms with Crippen molar-refractivity contribution in [3.05, 3.63) is 61.1 Å². The lowest BCUT2D eigenvalue weighted by Crippen LogP contribution is -2.50. The van der Waals surface area contributed by atoms with Crippen LogP contribution in [-0.2, 0) is 0 Å². The van der Waals surface area contributed by atoms with Crippen molar-refractivity contribution >= 4 is 0 Å². The van der Waals surface area contributed by atoms with Crippen LogP contribution in [0.5, 0.6) is 0 Å². The maximum atomic E-state index is 5.85. The molecule has 0 saturated heterocycles. The van der Waals surface area contributed by atoms with Gasteiger partial charge < -0.3 is 16.0 Å². The van der Waals surface area contributed by atoms with Crippen LogP contribution in [0.2, 0.25) is 0 Å². The van der Waals surface area contributed by atoms with Crippen LogP contribution >= 0.6 is 0 Å². The molecule has 0 radical (unpaired) electrons. The fraction of sp³-hybridized carbons (Fsp3) is 0.231. The summed E-state index contributed by atoms with van der Waals surface area (Å²) in [7, 11) is 0. The van der Waals surface area contributed by atoms with Crippen LogP contribution in [0.4, 0.5) is 0 Å². The van der Waals surface area contributed by atoms with E-state index < -0.39 is 0 Å². The lowest BCUT2D eigenvalue weighted by atomic mass is 9.94. The van der Waals surface area contributed by atoms with Gasteiger partial charge in [0.1, 0.15) is 0 Å². The van der Waals surface area contributed by atoms with Gasteiger partial charge in [0.05, 0.1) is 5.54 Å². The summed E-state index contributed by atoms with van der Waals surface area (Å²) in [5.74, 6) is 0. The van der Waals surface area contributed by atoms with Crippen LogP contribution in [-0.4, -0.2) is 23.5 Å². The van der Waals surface area contributed by atoms with Gasteiger partial charge in [0.15, 0.2) is 0 Å². The van der Waals surface area contributed by atoms with Crippen molar-refractivity contribution in [2.45, 2.75) is 5.54 Å².